The van der Waals surface area contributed by atoms with E-state index in [1.807, 2.05) is 37.3 Å². The zero-order valence-corrected chi connectivity index (χ0v) is 13.1. The monoisotopic (exact) mass is 339 g/mol. The van der Waals surface area contributed by atoms with E-state index in [9.17, 15) is 0 Å². The lowest BCUT2D eigenvalue weighted by molar-refractivity contribution is 0.408. The summed E-state index contributed by atoms with van der Waals surface area (Å²) in [5, 5.41) is 0.648. The molecule has 1 atom stereocenters. The number of aryl methyl sites for hydroxylation is 1. The van der Waals surface area contributed by atoms with Crippen LogP contribution in [0.25, 0.3) is 0 Å². The molecule has 19 heavy (non-hydrogen) atoms. The Morgan fingerprint density at radius 1 is 1.16 bits per heavy atom. The fraction of sp³-hybridized carbons (Fsp3) is 0.200. The van der Waals surface area contributed by atoms with Crippen molar-refractivity contribution in [1.29, 1.82) is 0 Å². The van der Waals surface area contributed by atoms with Crippen molar-refractivity contribution in [3.05, 3.63) is 62.6 Å². The highest BCUT2D eigenvalue weighted by molar-refractivity contribution is 9.10. The predicted octanol–water partition coefficient (Wildman–Crippen LogP) is 4.47. The molecule has 0 aliphatic rings. The molecular formula is C15H15BrClNO. The summed E-state index contributed by atoms with van der Waals surface area (Å²) < 4.78 is 6.34. The largest absolute Gasteiger partial charge is 0.496 e. The summed E-state index contributed by atoms with van der Waals surface area (Å²) >= 11 is 9.60. The molecule has 1 unspecified atom stereocenters. The van der Waals surface area contributed by atoms with E-state index < -0.39 is 0 Å². The Morgan fingerprint density at radius 2 is 1.89 bits per heavy atom. The van der Waals surface area contributed by atoms with Gasteiger partial charge in [0.2, 0.25) is 0 Å². The van der Waals surface area contributed by atoms with Gasteiger partial charge in [0, 0.05) is 15.1 Å². The summed E-state index contributed by atoms with van der Waals surface area (Å²) in [6.45, 7) is 2.04. The molecule has 2 nitrogen and oxygen atoms in total. The van der Waals surface area contributed by atoms with E-state index in [0.29, 0.717) is 5.02 Å². The van der Waals surface area contributed by atoms with Gasteiger partial charge in [-0.05, 0) is 42.3 Å². The maximum absolute atomic E-state index is 6.34. The molecular weight excluding hydrogens is 326 g/mol. The Bertz CT molecular complexity index is 601. The molecule has 0 saturated heterocycles. The summed E-state index contributed by atoms with van der Waals surface area (Å²) in [5.41, 5.74) is 9.41. The van der Waals surface area contributed by atoms with Crippen LogP contribution in [0.15, 0.2) is 40.9 Å². The zero-order valence-electron chi connectivity index (χ0n) is 10.8. The van der Waals surface area contributed by atoms with Crippen molar-refractivity contribution >= 4 is 27.5 Å². The van der Waals surface area contributed by atoms with Crippen LogP contribution in [0.5, 0.6) is 5.75 Å². The minimum absolute atomic E-state index is 0.288. The van der Waals surface area contributed by atoms with Crippen molar-refractivity contribution in [3.8, 4) is 5.75 Å². The second-order valence-corrected chi connectivity index (χ2v) is 5.68. The maximum Gasteiger partial charge on any atom is 0.124 e. The number of rotatable bonds is 3. The topological polar surface area (TPSA) is 35.2 Å². The lowest BCUT2D eigenvalue weighted by atomic mass is 9.98. The first kappa shape index (κ1) is 14.4. The molecule has 2 rings (SSSR count). The highest BCUT2D eigenvalue weighted by Gasteiger charge is 2.17. The van der Waals surface area contributed by atoms with E-state index in [4.69, 9.17) is 22.1 Å². The van der Waals surface area contributed by atoms with Crippen LogP contribution in [0.1, 0.15) is 22.7 Å². The molecule has 0 fully saturated rings. The normalized spacial score (nSPS) is 12.3. The van der Waals surface area contributed by atoms with Crippen molar-refractivity contribution in [2.24, 2.45) is 5.73 Å². The lowest BCUT2D eigenvalue weighted by Gasteiger charge is -2.18. The number of benzene rings is 2. The van der Waals surface area contributed by atoms with Crippen LogP contribution in [0.2, 0.25) is 5.02 Å². The molecule has 0 amide bonds. The molecule has 0 radical (unpaired) electrons. The number of ether oxygens (including phenoxy) is 1. The van der Waals surface area contributed by atoms with Crippen LogP contribution in [0.4, 0.5) is 0 Å². The number of hydrogen-bond acceptors (Lipinski definition) is 2. The molecule has 4 heteroatoms. The minimum Gasteiger partial charge on any atom is -0.496 e. The van der Waals surface area contributed by atoms with E-state index in [1.54, 1.807) is 13.2 Å². The molecule has 0 aromatic heterocycles. The van der Waals surface area contributed by atoms with Gasteiger partial charge in [0.15, 0.2) is 0 Å². The lowest BCUT2D eigenvalue weighted by Crippen LogP contribution is -2.13. The van der Waals surface area contributed by atoms with Crippen LogP contribution >= 0.6 is 27.5 Å². The Balaban J connectivity index is 2.49. The van der Waals surface area contributed by atoms with E-state index in [-0.39, 0.29) is 6.04 Å². The Kier molecular flexibility index (Phi) is 4.50. The smallest absolute Gasteiger partial charge is 0.124 e. The van der Waals surface area contributed by atoms with Crippen molar-refractivity contribution in [1.82, 2.24) is 0 Å². The standard InChI is InChI=1S/C15H15BrClNO/c1-9-3-5-11(13(16)7-9)15(18)12-8-10(17)4-6-14(12)19-2/h3-8,15H,18H2,1-2H3. The first-order valence-electron chi connectivity index (χ1n) is 5.88. The number of nitrogens with two attached hydrogens (primary N) is 1. The summed E-state index contributed by atoms with van der Waals surface area (Å²) in [6, 6.07) is 11.3. The highest BCUT2D eigenvalue weighted by atomic mass is 79.9. The zero-order chi connectivity index (χ0) is 14.0. The van der Waals surface area contributed by atoms with Crippen LogP contribution in [-0.4, -0.2) is 7.11 Å². The molecule has 2 N–H and O–H groups in total. The summed E-state index contributed by atoms with van der Waals surface area (Å²) in [4.78, 5) is 0. The molecule has 0 heterocycles. The van der Waals surface area contributed by atoms with E-state index in [2.05, 4.69) is 15.9 Å². The van der Waals surface area contributed by atoms with E-state index in [0.717, 1.165) is 21.3 Å². The van der Waals surface area contributed by atoms with Gasteiger partial charge >= 0.3 is 0 Å². The Hall–Kier alpha value is -1.03. The second kappa shape index (κ2) is 5.95. The molecule has 2 aromatic rings. The Labute approximate surface area is 126 Å². The van der Waals surface area contributed by atoms with Gasteiger partial charge in [-0.2, -0.15) is 0 Å². The van der Waals surface area contributed by atoms with Gasteiger partial charge in [0.25, 0.3) is 0 Å². The van der Waals surface area contributed by atoms with Crippen LogP contribution < -0.4 is 10.5 Å². The van der Waals surface area contributed by atoms with E-state index in [1.165, 1.54) is 5.56 Å². The van der Waals surface area contributed by atoms with Gasteiger partial charge < -0.3 is 10.5 Å². The molecule has 2 aromatic carbocycles. The summed E-state index contributed by atoms with van der Waals surface area (Å²) in [7, 11) is 1.63. The first-order valence-corrected chi connectivity index (χ1v) is 7.05. The van der Waals surface area contributed by atoms with Crippen LogP contribution in [0.3, 0.4) is 0 Å². The van der Waals surface area contributed by atoms with Gasteiger partial charge in [-0.3, -0.25) is 0 Å². The molecule has 100 valence electrons. The fourth-order valence-corrected chi connectivity index (χ4v) is 2.92. The number of halogens is 2. The van der Waals surface area contributed by atoms with E-state index >= 15 is 0 Å². The van der Waals surface area contributed by atoms with Gasteiger partial charge in [-0.15, -0.1) is 0 Å². The third-order valence-electron chi connectivity index (χ3n) is 3.02. The maximum atomic E-state index is 6.34. The van der Waals surface area contributed by atoms with Gasteiger partial charge in [-0.25, -0.2) is 0 Å². The third-order valence-corrected chi connectivity index (χ3v) is 3.94. The summed E-state index contributed by atoms with van der Waals surface area (Å²) in [5.74, 6) is 0.740. The molecule has 0 saturated carbocycles. The average molecular weight is 341 g/mol. The molecule has 0 spiro atoms. The summed E-state index contributed by atoms with van der Waals surface area (Å²) in [6.07, 6.45) is 0. The fourth-order valence-electron chi connectivity index (χ4n) is 2.00. The number of methoxy groups -OCH3 is 1. The SMILES string of the molecule is COc1ccc(Cl)cc1C(N)c1ccc(C)cc1Br. The molecule has 0 aliphatic heterocycles. The average Bonchev–Trinajstić information content (AvgIpc) is 2.38. The second-order valence-electron chi connectivity index (χ2n) is 4.39. The van der Waals surface area contributed by atoms with Crippen molar-refractivity contribution in [2.45, 2.75) is 13.0 Å². The minimum atomic E-state index is -0.288. The van der Waals surface area contributed by atoms with Crippen LogP contribution in [0, 0.1) is 6.92 Å². The van der Waals surface area contributed by atoms with Gasteiger partial charge in [0.1, 0.15) is 5.75 Å². The van der Waals surface area contributed by atoms with Crippen LogP contribution in [-0.2, 0) is 0 Å². The first-order chi connectivity index (χ1) is 9.02. The molecule has 0 bridgehead atoms. The van der Waals surface area contributed by atoms with Crippen molar-refractivity contribution in [2.75, 3.05) is 7.11 Å². The highest BCUT2D eigenvalue weighted by Crippen LogP contribution is 2.34. The Morgan fingerprint density at radius 3 is 2.53 bits per heavy atom. The van der Waals surface area contributed by atoms with Gasteiger partial charge in [-0.1, -0.05) is 39.7 Å². The van der Waals surface area contributed by atoms with Crippen molar-refractivity contribution in [3.63, 3.8) is 0 Å². The van der Waals surface area contributed by atoms with Crippen molar-refractivity contribution < 1.29 is 4.74 Å². The van der Waals surface area contributed by atoms with Gasteiger partial charge in [0.05, 0.1) is 13.2 Å². The third kappa shape index (κ3) is 3.11. The number of hydrogen-bond donors (Lipinski definition) is 1. The quantitative estimate of drug-likeness (QED) is 0.895. The molecule has 0 aliphatic carbocycles. The predicted molar refractivity (Wildman–Crippen MR) is 82.9 cm³/mol.